The molecule has 0 unspecified atom stereocenters. The van der Waals surface area contributed by atoms with Gasteiger partial charge in [0.05, 0.1) is 24.6 Å². The van der Waals surface area contributed by atoms with E-state index in [1.165, 1.54) is 0 Å². The summed E-state index contributed by atoms with van der Waals surface area (Å²) < 4.78 is 5.50. The van der Waals surface area contributed by atoms with Gasteiger partial charge in [-0.1, -0.05) is 12.1 Å². The van der Waals surface area contributed by atoms with E-state index in [9.17, 15) is 9.59 Å². The number of rotatable bonds is 6. The van der Waals surface area contributed by atoms with Crippen LogP contribution in [0.3, 0.4) is 0 Å². The fourth-order valence-corrected chi connectivity index (χ4v) is 4.56. The molecule has 5 rings (SSSR count). The molecule has 1 aromatic heterocycles. The maximum Gasteiger partial charge on any atom is 0.321 e. The van der Waals surface area contributed by atoms with Crippen molar-refractivity contribution >= 4 is 40.8 Å². The highest BCUT2D eigenvalue weighted by atomic mass is 16.5. The van der Waals surface area contributed by atoms with Gasteiger partial charge in [0.15, 0.2) is 0 Å². The van der Waals surface area contributed by atoms with E-state index in [1.54, 1.807) is 42.4 Å². The molecule has 3 aromatic rings. The van der Waals surface area contributed by atoms with E-state index in [0.29, 0.717) is 56.6 Å². The molecular weight excluding hydrogens is 484 g/mol. The van der Waals surface area contributed by atoms with Crippen molar-refractivity contribution in [2.45, 2.75) is 0 Å². The second kappa shape index (κ2) is 11.8. The van der Waals surface area contributed by atoms with Gasteiger partial charge in [-0.25, -0.2) is 9.78 Å². The molecule has 2 saturated heterocycles. The number of ether oxygens (including phenoxy) is 1. The number of morpholine rings is 1. The summed E-state index contributed by atoms with van der Waals surface area (Å²) in [7, 11) is 1.59. The number of hydrogen-bond acceptors (Lipinski definition) is 8. The van der Waals surface area contributed by atoms with Crippen molar-refractivity contribution in [3.8, 4) is 0 Å². The number of benzene rings is 2. The SMILES string of the molecule is CNC(=O)c1ccc(NC(=O)N2CCN(c3ccnc(Nc4ccccc4N4CCOCC4)n3)CC2)cc1. The Balaban J connectivity index is 1.18. The maximum absolute atomic E-state index is 12.8. The molecule has 2 aromatic carbocycles. The quantitative estimate of drug-likeness (QED) is 0.458. The lowest BCUT2D eigenvalue weighted by Gasteiger charge is -2.35. The summed E-state index contributed by atoms with van der Waals surface area (Å²) in [6.07, 6.45) is 1.75. The van der Waals surface area contributed by atoms with Crippen molar-refractivity contribution < 1.29 is 14.3 Å². The highest BCUT2D eigenvalue weighted by Crippen LogP contribution is 2.28. The number of piperazine rings is 1. The molecule has 0 aliphatic carbocycles. The molecule has 0 radical (unpaired) electrons. The van der Waals surface area contributed by atoms with Gasteiger partial charge in [0.25, 0.3) is 5.91 Å². The molecule has 0 bridgehead atoms. The van der Waals surface area contributed by atoms with Crippen molar-refractivity contribution in [3.63, 3.8) is 0 Å². The Morgan fingerprint density at radius 1 is 0.868 bits per heavy atom. The van der Waals surface area contributed by atoms with Crippen LogP contribution >= 0.6 is 0 Å². The van der Waals surface area contributed by atoms with E-state index in [1.807, 2.05) is 24.3 Å². The Hall–Kier alpha value is -4.38. The summed E-state index contributed by atoms with van der Waals surface area (Å²) in [6.45, 7) is 5.57. The molecule has 11 nitrogen and oxygen atoms in total. The van der Waals surface area contributed by atoms with E-state index in [-0.39, 0.29) is 11.9 Å². The molecule has 3 amide bonds. The Morgan fingerprint density at radius 2 is 1.61 bits per heavy atom. The van der Waals surface area contributed by atoms with Crippen molar-refractivity contribution in [2.75, 3.05) is 80.0 Å². The first-order valence-corrected chi connectivity index (χ1v) is 12.8. The van der Waals surface area contributed by atoms with Gasteiger partial charge in [0, 0.05) is 63.8 Å². The molecule has 2 aliphatic heterocycles. The van der Waals surface area contributed by atoms with E-state index in [0.717, 1.165) is 30.3 Å². The molecule has 0 saturated carbocycles. The van der Waals surface area contributed by atoms with Crippen LogP contribution in [0.5, 0.6) is 0 Å². The number of carbonyl (C=O) groups excluding carboxylic acids is 2. The Bertz CT molecular complexity index is 1260. The van der Waals surface area contributed by atoms with Gasteiger partial charge in [-0.15, -0.1) is 0 Å². The van der Waals surface area contributed by atoms with E-state index in [4.69, 9.17) is 9.72 Å². The minimum Gasteiger partial charge on any atom is -0.378 e. The lowest BCUT2D eigenvalue weighted by molar-refractivity contribution is 0.0963. The number of para-hydroxylation sites is 2. The largest absolute Gasteiger partial charge is 0.378 e. The van der Waals surface area contributed by atoms with Crippen LogP contribution in [0.1, 0.15) is 10.4 Å². The number of aromatic nitrogens is 2. The number of carbonyl (C=O) groups is 2. The highest BCUT2D eigenvalue weighted by molar-refractivity contribution is 5.95. The highest BCUT2D eigenvalue weighted by Gasteiger charge is 2.23. The topological polar surface area (TPSA) is 115 Å². The van der Waals surface area contributed by atoms with Gasteiger partial charge < -0.3 is 35.4 Å². The first-order chi connectivity index (χ1) is 18.6. The van der Waals surface area contributed by atoms with Crippen LogP contribution in [0.15, 0.2) is 60.8 Å². The predicted molar refractivity (Wildman–Crippen MR) is 147 cm³/mol. The van der Waals surface area contributed by atoms with Crippen LogP contribution in [-0.4, -0.2) is 86.3 Å². The number of nitrogens with one attached hydrogen (secondary N) is 3. The van der Waals surface area contributed by atoms with Crippen molar-refractivity contribution in [1.29, 1.82) is 0 Å². The van der Waals surface area contributed by atoms with Gasteiger partial charge in [-0.05, 0) is 42.5 Å². The summed E-state index contributed by atoms with van der Waals surface area (Å²) >= 11 is 0. The maximum atomic E-state index is 12.8. The summed E-state index contributed by atoms with van der Waals surface area (Å²) in [5.41, 5.74) is 3.25. The zero-order valence-corrected chi connectivity index (χ0v) is 21.4. The smallest absolute Gasteiger partial charge is 0.321 e. The van der Waals surface area contributed by atoms with E-state index < -0.39 is 0 Å². The third-order valence-corrected chi connectivity index (χ3v) is 6.66. The average molecular weight is 517 g/mol. The number of anilines is 5. The standard InChI is InChI=1S/C27H32N8O3/c1-28-25(36)20-6-8-21(9-7-20)30-27(37)35-14-12-34(13-15-35)24-10-11-29-26(32-24)31-22-4-2-3-5-23(22)33-16-18-38-19-17-33/h2-11H,12-19H2,1H3,(H,28,36)(H,30,37)(H,29,31,32). The summed E-state index contributed by atoms with van der Waals surface area (Å²) in [6, 6.07) is 16.7. The molecule has 2 aliphatic rings. The second-order valence-electron chi connectivity index (χ2n) is 9.04. The fraction of sp³-hybridized carbons (Fsp3) is 0.333. The molecule has 3 heterocycles. The van der Waals surface area contributed by atoms with Gasteiger partial charge in [0.2, 0.25) is 5.95 Å². The lowest BCUT2D eigenvalue weighted by atomic mass is 10.2. The Morgan fingerprint density at radius 3 is 2.34 bits per heavy atom. The van der Waals surface area contributed by atoms with E-state index in [2.05, 4.69) is 36.8 Å². The second-order valence-corrected chi connectivity index (χ2v) is 9.04. The number of nitrogens with zero attached hydrogens (tertiary/aromatic N) is 5. The zero-order valence-electron chi connectivity index (χ0n) is 21.4. The minimum absolute atomic E-state index is 0.164. The van der Waals surface area contributed by atoms with Gasteiger partial charge in [0.1, 0.15) is 5.82 Å². The summed E-state index contributed by atoms with van der Waals surface area (Å²) in [5, 5.41) is 8.88. The third-order valence-electron chi connectivity index (χ3n) is 6.66. The summed E-state index contributed by atoms with van der Waals surface area (Å²) in [4.78, 5) is 39.9. The van der Waals surface area contributed by atoms with Crippen LogP contribution in [0, 0.1) is 0 Å². The van der Waals surface area contributed by atoms with Crippen LogP contribution < -0.4 is 25.8 Å². The fourth-order valence-electron chi connectivity index (χ4n) is 4.56. The number of hydrogen-bond donors (Lipinski definition) is 3. The van der Waals surface area contributed by atoms with Gasteiger partial charge >= 0.3 is 6.03 Å². The van der Waals surface area contributed by atoms with Gasteiger partial charge in [-0.2, -0.15) is 4.98 Å². The van der Waals surface area contributed by atoms with Crippen LogP contribution in [-0.2, 0) is 4.74 Å². The summed E-state index contributed by atoms with van der Waals surface area (Å²) in [5.74, 6) is 1.18. The lowest BCUT2D eigenvalue weighted by Crippen LogP contribution is -2.50. The van der Waals surface area contributed by atoms with Gasteiger partial charge in [-0.3, -0.25) is 4.79 Å². The van der Waals surface area contributed by atoms with Crippen LogP contribution in [0.2, 0.25) is 0 Å². The molecule has 11 heteroatoms. The predicted octanol–water partition coefficient (Wildman–Crippen LogP) is 2.77. The Labute approximate surface area is 221 Å². The van der Waals surface area contributed by atoms with Crippen LogP contribution in [0.25, 0.3) is 0 Å². The van der Waals surface area contributed by atoms with E-state index >= 15 is 0 Å². The molecular formula is C27H32N8O3. The number of amides is 3. The van der Waals surface area contributed by atoms with Crippen LogP contribution in [0.4, 0.5) is 33.6 Å². The molecule has 198 valence electrons. The Kier molecular flexibility index (Phi) is 7.84. The minimum atomic E-state index is -0.165. The molecule has 3 N–H and O–H groups in total. The molecule has 0 spiro atoms. The number of urea groups is 1. The molecule has 2 fully saturated rings. The third kappa shape index (κ3) is 5.94. The average Bonchev–Trinajstić information content (AvgIpc) is 2.98. The molecule has 0 atom stereocenters. The van der Waals surface area contributed by atoms with Crippen molar-refractivity contribution in [2.24, 2.45) is 0 Å². The normalized spacial score (nSPS) is 15.7. The zero-order chi connectivity index (χ0) is 26.3. The monoisotopic (exact) mass is 516 g/mol. The first-order valence-electron chi connectivity index (χ1n) is 12.8. The first kappa shape index (κ1) is 25.3. The van der Waals surface area contributed by atoms with Crippen molar-refractivity contribution in [3.05, 3.63) is 66.4 Å². The molecule has 38 heavy (non-hydrogen) atoms. The van der Waals surface area contributed by atoms with Crippen molar-refractivity contribution in [1.82, 2.24) is 20.2 Å².